The molecule has 0 saturated heterocycles. The molecule has 1 aliphatic carbocycles. The summed E-state index contributed by atoms with van der Waals surface area (Å²) in [5.74, 6) is 2.67. The fraction of sp³-hybridized carbons (Fsp3) is 0.444. The Bertz CT molecular complexity index is 600. The molecule has 0 aliphatic heterocycles. The Balaban J connectivity index is 1.75. The van der Waals surface area contributed by atoms with Crippen molar-refractivity contribution < 1.29 is 0 Å². The van der Waals surface area contributed by atoms with Crippen LogP contribution in [-0.4, -0.2) is 14.8 Å². The molecule has 1 aliphatic rings. The van der Waals surface area contributed by atoms with Gasteiger partial charge in [0.25, 0.3) is 0 Å². The number of aromatic nitrogens is 3. The Morgan fingerprint density at radius 2 is 1.91 bits per heavy atom. The van der Waals surface area contributed by atoms with E-state index < -0.39 is 0 Å². The molecule has 2 aromatic rings. The minimum Gasteiger partial charge on any atom is -0.302 e. The zero-order valence-corrected chi connectivity index (χ0v) is 13.8. The van der Waals surface area contributed by atoms with Crippen molar-refractivity contribution in [3.05, 3.63) is 54.4 Å². The second-order valence-corrected chi connectivity index (χ2v) is 6.79. The molecule has 3 nitrogen and oxygen atoms in total. The Morgan fingerprint density at radius 3 is 2.64 bits per heavy atom. The van der Waals surface area contributed by atoms with Crippen LogP contribution in [0.1, 0.15) is 49.4 Å². The van der Waals surface area contributed by atoms with Crippen molar-refractivity contribution in [2.24, 2.45) is 0 Å². The number of hydrogen-bond donors (Lipinski definition) is 0. The van der Waals surface area contributed by atoms with Gasteiger partial charge < -0.3 is 4.57 Å². The van der Waals surface area contributed by atoms with Crippen LogP contribution in [0.3, 0.4) is 0 Å². The molecule has 116 valence electrons. The van der Waals surface area contributed by atoms with Gasteiger partial charge in [-0.25, -0.2) is 0 Å². The molecule has 0 atom stereocenters. The molecule has 0 amide bonds. The van der Waals surface area contributed by atoms with Crippen LogP contribution in [0.2, 0.25) is 0 Å². The highest BCUT2D eigenvalue weighted by molar-refractivity contribution is 7.98. The first-order chi connectivity index (χ1) is 10.9. The number of allylic oxidation sites excluding steroid dienone is 1. The maximum atomic E-state index is 4.52. The molecule has 0 bridgehead atoms. The van der Waals surface area contributed by atoms with Crippen LogP contribution in [-0.2, 0) is 12.3 Å². The van der Waals surface area contributed by atoms with E-state index in [2.05, 4.69) is 51.7 Å². The summed E-state index contributed by atoms with van der Waals surface area (Å²) >= 11 is 1.77. The van der Waals surface area contributed by atoms with E-state index in [0.717, 1.165) is 23.3 Å². The predicted octanol–water partition coefficient (Wildman–Crippen LogP) is 4.80. The topological polar surface area (TPSA) is 30.7 Å². The van der Waals surface area contributed by atoms with Crippen molar-refractivity contribution in [3.63, 3.8) is 0 Å². The Kier molecular flexibility index (Phi) is 5.33. The van der Waals surface area contributed by atoms with Gasteiger partial charge in [0.1, 0.15) is 5.82 Å². The van der Waals surface area contributed by atoms with Crippen molar-refractivity contribution in [3.8, 4) is 0 Å². The van der Waals surface area contributed by atoms with Crippen LogP contribution in [0.25, 0.3) is 0 Å². The minimum atomic E-state index is 0.576. The van der Waals surface area contributed by atoms with Gasteiger partial charge in [-0.2, -0.15) is 0 Å². The summed E-state index contributed by atoms with van der Waals surface area (Å²) in [6.07, 6.45) is 8.44. The van der Waals surface area contributed by atoms with E-state index in [-0.39, 0.29) is 0 Å². The first-order valence-corrected chi connectivity index (χ1v) is 9.07. The SMILES string of the molecule is C=CCn1c(SCc2ccccc2)nnc1C1CCCCC1. The lowest BCUT2D eigenvalue weighted by atomic mass is 9.89. The maximum Gasteiger partial charge on any atom is 0.191 e. The van der Waals surface area contributed by atoms with Crippen molar-refractivity contribution >= 4 is 11.8 Å². The summed E-state index contributed by atoms with van der Waals surface area (Å²) in [6.45, 7) is 4.70. The van der Waals surface area contributed by atoms with E-state index >= 15 is 0 Å². The number of nitrogens with zero attached hydrogens (tertiary/aromatic N) is 3. The molecule has 1 aromatic carbocycles. The summed E-state index contributed by atoms with van der Waals surface area (Å²) in [7, 11) is 0. The van der Waals surface area contributed by atoms with Crippen molar-refractivity contribution in [1.82, 2.24) is 14.8 Å². The molecule has 0 N–H and O–H groups in total. The smallest absolute Gasteiger partial charge is 0.191 e. The first kappa shape index (κ1) is 15.3. The zero-order valence-electron chi connectivity index (χ0n) is 12.9. The van der Waals surface area contributed by atoms with Crippen molar-refractivity contribution in [2.45, 2.75) is 55.5 Å². The Morgan fingerprint density at radius 1 is 1.14 bits per heavy atom. The minimum absolute atomic E-state index is 0.576. The molecule has 22 heavy (non-hydrogen) atoms. The molecule has 0 spiro atoms. The molecule has 1 saturated carbocycles. The molecule has 1 fully saturated rings. The second kappa shape index (κ2) is 7.63. The lowest BCUT2D eigenvalue weighted by molar-refractivity contribution is 0.415. The summed E-state index contributed by atoms with van der Waals surface area (Å²) in [5, 5.41) is 9.99. The van der Waals surface area contributed by atoms with E-state index in [1.807, 2.05) is 6.08 Å². The number of hydrogen-bond acceptors (Lipinski definition) is 3. The van der Waals surface area contributed by atoms with Crippen molar-refractivity contribution in [2.75, 3.05) is 0 Å². The fourth-order valence-corrected chi connectivity index (χ4v) is 4.00. The third kappa shape index (κ3) is 3.61. The van der Waals surface area contributed by atoms with E-state index in [4.69, 9.17) is 0 Å². The third-order valence-electron chi connectivity index (χ3n) is 4.24. The van der Waals surface area contributed by atoms with Gasteiger partial charge >= 0.3 is 0 Å². The Labute approximate surface area is 136 Å². The van der Waals surface area contributed by atoms with Crippen LogP contribution >= 0.6 is 11.8 Å². The van der Waals surface area contributed by atoms with Crippen LogP contribution in [0.4, 0.5) is 0 Å². The lowest BCUT2D eigenvalue weighted by Gasteiger charge is -2.21. The molecule has 3 rings (SSSR count). The van der Waals surface area contributed by atoms with E-state index in [1.165, 1.54) is 37.7 Å². The van der Waals surface area contributed by atoms with E-state index in [1.54, 1.807) is 11.8 Å². The third-order valence-corrected chi connectivity index (χ3v) is 5.28. The van der Waals surface area contributed by atoms with Crippen LogP contribution in [0.15, 0.2) is 48.1 Å². The highest BCUT2D eigenvalue weighted by atomic mass is 32.2. The molecule has 1 heterocycles. The van der Waals surface area contributed by atoms with Gasteiger partial charge in [-0.1, -0.05) is 67.4 Å². The molecule has 0 radical (unpaired) electrons. The van der Waals surface area contributed by atoms with Crippen LogP contribution in [0.5, 0.6) is 0 Å². The number of benzene rings is 1. The summed E-state index contributed by atoms with van der Waals surface area (Å²) in [6, 6.07) is 10.5. The average Bonchev–Trinajstić information content (AvgIpc) is 2.98. The van der Waals surface area contributed by atoms with Gasteiger partial charge in [0.15, 0.2) is 5.16 Å². The highest BCUT2D eigenvalue weighted by Gasteiger charge is 2.22. The highest BCUT2D eigenvalue weighted by Crippen LogP contribution is 2.33. The van der Waals surface area contributed by atoms with Crippen LogP contribution in [0, 0.1) is 0 Å². The van der Waals surface area contributed by atoms with Gasteiger partial charge in [0, 0.05) is 18.2 Å². The standard InChI is InChI=1S/C18H23N3S/c1-2-13-21-17(16-11-7-4-8-12-16)19-20-18(21)22-14-15-9-5-3-6-10-15/h2-3,5-6,9-10,16H,1,4,7-8,11-14H2. The van der Waals surface area contributed by atoms with Gasteiger partial charge in [-0.05, 0) is 18.4 Å². The van der Waals surface area contributed by atoms with E-state index in [9.17, 15) is 0 Å². The summed E-state index contributed by atoms with van der Waals surface area (Å²) < 4.78 is 2.26. The molecule has 4 heteroatoms. The van der Waals surface area contributed by atoms with Gasteiger partial charge in [0.2, 0.25) is 0 Å². The number of rotatable bonds is 6. The predicted molar refractivity (Wildman–Crippen MR) is 92.0 cm³/mol. The van der Waals surface area contributed by atoms with Gasteiger partial charge in [-0.3, -0.25) is 0 Å². The van der Waals surface area contributed by atoms with Crippen LogP contribution < -0.4 is 0 Å². The molecule has 0 unspecified atom stereocenters. The molecular formula is C18H23N3S. The summed E-state index contributed by atoms with van der Waals surface area (Å²) in [5.41, 5.74) is 1.32. The zero-order chi connectivity index (χ0) is 15.2. The monoisotopic (exact) mass is 313 g/mol. The maximum absolute atomic E-state index is 4.52. The van der Waals surface area contributed by atoms with Crippen molar-refractivity contribution in [1.29, 1.82) is 0 Å². The first-order valence-electron chi connectivity index (χ1n) is 8.09. The Hall–Kier alpha value is -1.55. The molecular weight excluding hydrogens is 290 g/mol. The number of thioether (sulfide) groups is 1. The summed E-state index contributed by atoms with van der Waals surface area (Å²) in [4.78, 5) is 0. The second-order valence-electron chi connectivity index (χ2n) is 5.85. The largest absolute Gasteiger partial charge is 0.302 e. The normalized spacial score (nSPS) is 15.8. The van der Waals surface area contributed by atoms with E-state index in [0.29, 0.717) is 5.92 Å². The van der Waals surface area contributed by atoms with Gasteiger partial charge in [0.05, 0.1) is 0 Å². The van der Waals surface area contributed by atoms with Gasteiger partial charge in [-0.15, -0.1) is 16.8 Å². The lowest BCUT2D eigenvalue weighted by Crippen LogP contribution is -2.12. The fourth-order valence-electron chi connectivity index (χ4n) is 3.09. The average molecular weight is 313 g/mol. The quantitative estimate of drug-likeness (QED) is 0.566. The molecule has 1 aromatic heterocycles.